The summed E-state index contributed by atoms with van der Waals surface area (Å²) in [5, 5.41) is 5.47. The molecule has 2 N–H and O–H groups in total. The molecule has 0 aromatic heterocycles. The Morgan fingerprint density at radius 1 is 1.45 bits per heavy atom. The number of hydrogen-bond acceptors (Lipinski definition) is 3. The fraction of sp³-hybridized carbons (Fsp3) is 0.417. The standard InChI is InChI=1S/C12H13F3N2OS.ClH/c1-7-2-3-8(4-9(7)12(13,14)15)17-11(18)10-5-19-6-16-10;/h2-4,10,16H,5-6H2,1H3,(H,17,18);1H. The average Bonchev–Trinajstić information content (AvgIpc) is 2.83. The molecule has 2 rings (SSSR count). The van der Waals surface area contributed by atoms with E-state index in [4.69, 9.17) is 0 Å². The molecule has 3 nitrogen and oxygen atoms in total. The van der Waals surface area contributed by atoms with E-state index in [1.807, 2.05) is 0 Å². The fourth-order valence-corrected chi connectivity index (χ4v) is 2.74. The number of alkyl halides is 3. The summed E-state index contributed by atoms with van der Waals surface area (Å²) in [6.07, 6.45) is -4.41. The van der Waals surface area contributed by atoms with E-state index >= 15 is 0 Å². The summed E-state index contributed by atoms with van der Waals surface area (Å²) in [4.78, 5) is 11.8. The van der Waals surface area contributed by atoms with Crippen molar-refractivity contribution in [3.8, 4) is 0 Å². The first-order chi connectivity index (χ1) is 8.88. The smallest absolute Gasteiger partial charge is 0.325 e. The van der Waals surface area contributed by atoms with Crippen LogP contribution in [0, 0.1) is 6.92 Å². The van der Waals surface area contributed by atoms with Crippen molar-refractivity contribution in [2.75, 3.05) is 16.9 Å². The van der Waals surface area contributed by atoms with Crippen LogP contribution in [0.1, 0.15) is 11.1 Å². The first kappa shape index (κ1) is 17.1. The van der Waals surface area contributed by atoms with Gasteiger partial charge in [-0.2, -0.15) is 13.2 Å². The Hall–Kier alpha value is -0.920. The van der Waals surface area contributed by atoms with Crippen molar-refractivity contribution in [2.45, 2.75) is 19.1 Å². The SMILES string of the molecule is Cc1ccc(NC(=O)C2CSCN2)cc1C(F)(F)F.Cl. The van der Waals surface area contributed by atoms with Gasteiger partial charge in [-0.15, -0.1) is 24.2 Å². The van der Waals surface area contributed by atoms with Gasteiger partial charge in [-0.25, -0.2) is 0 Å². The third-order valence-corrected chi connectivity index (χ3v) is 3.78. The summed E-state index contributed by atoms with van der Waals surface area (Å²) in [5.74, 6) is 1.01. The molecule has 1 atom stereocenters. The molecule has 1 unspecified atom stereocenters. The number of rotatable bonds is 2. The summed E-state index contributed by atoms with van der Waals surface area (Å²) in [6.45, 7) is 1.39. The molecule has 1 saturated heterocycles. The average molecular weight is 327 g/mol. The molecule has 1 amide bonds. The zero-order chi connectivity index (χ0) is 14.0. The molecule has 112 valence electrons. The van der Waals surface area contributed by atoms with Crippen LogP contribution in [-0.2, 0) is 11.0 Å². The second kappa shape index (κ2) is 6.69. The summed E-state index contributed by atoms with van der Waals surface area (Å²) < 4.78 is 38.2. The molecule has 1 heterocycles. The summed E-state index contributed by atoms with van der Waals surface area (Å²) in [6, 6.07) is 3.45. The maximum atomic E-state index is 12.7. The van der Waals surface area contributed by atoms with Crippen LogP contribution >= 0.6 is 24.2 Å². The third kappa shape index (κ3) is 4.04. The highest BCUT2D eigenvalue weighted by molar-refractivity contribution is 7.99. The van der Waals surface area contributed by atoms with Crippen LogP contribution in [0.15, 0.2) is 18.2 Å². The summed E-state index contributed by atoms with van der Waals surface area (Å²) >= 11 is 1.58. The maximum Gasteiger partial charge on any atom is 0.416 e. The van der Waals surface area contributed by atoms with E-state index in [9.17, 15) is 18.0 Å². The highest BCUT2D eigenvalue weighted by atomic mass is 35.5. The Morgan fingerprint density at radius 3 is 2.70 bits per heavy atom. The van der Waals surface area contributed by atoms with E-state index in [1.165, 1.54) is 19.1 Å². The van der Waals surface area contributed by atoms with Gasteiger partial charge in [0.25, 0.3) is 0 Å². The number of carbonyl (C=O) groups excluding carboxylic acids is 1. The number of halogens is 4. The number of nitrogens with one attached hydrogen (secondary N) is 2. The van der Waals surface area contributed by atoms with E-state index < -0.39 is 11.7 Å². The van der Waals surface area contributed by atoms with Crippen LogP contribution < -0.4 is 10.6 Å². The van der Waals surface area contributed by atoms with E-state index in [0.717, 1.165) is 6.07 Å². The van der Waals surface area contributed by atoms with Crippen molar-refractivity contribution >= 4 is 35.8 Å². The third-order valence-electron chi connectivity index (χ3n) is 2.84. The van der Waals surface area contributed by atoms with Gasteiger partial charge in [0.1, 0.15) is 0 Å². The lowest BCUT2D eigenvalue weighted by Gasteiger charge is -2.14. The number of amides is 1. The van der Waals surface area contributed by atoms with Gasteiger partial charge in [-0.05, 0) is 24.6 Å². The van der Waals surface area contributed by atoms with Crippen LogP contribution in [0.25, 0.3) is 0 Å². The van der Waals surface area contributed by atoms with Gasteiger partial charge in [0, 0.05) is 17.3 Å². The Morgan fingerprint density at radius 2 is 2.15 bits per heavy atom. The lowest BCUT2D eigenvalue weighted by atomic mass is 10.1. The lowest BCUT2D eigenvalue weighted by Crippen LogP contribution is -2.37. The van der Waals surface area contributed by atoms with Gasteiger partial charge in [-0.3, -0.25) is 10.1 Å². The molecule has 20 heavy (non-hydrogen) atoms. The first-order valence-corrected chi connectivity index (χ1v) is 6.83. The van der Waals surface area contributed by atoms with Crippen molar-refractivity contribution in [2.24, 2.45) is 0 Å². The van der Waals surface area contributed by atoms with Gasteiger partial charge in [-0.1, -0.05) is 6.07 Å². The van der Waals surface area contributed by atoms with E-state index in [2.05, 4.69) is 10.6 Å². The van der Waals surface area contributed by atoms with Gasteiger partial charge in [0.15, 0.2) is 0 Å². The zero-order valence-electron chi connectivity index (χ0n) is 10.6. The molecule has 1 aliphatic rings. The van der Waals surface area contributed by atoms with Crippen LogP contribution in [-0.4, -0.2) is 23.6 Å². The maximum absolute atomic E-state index is 12.7. The summed E-state index contributed by atoms with van der Waals surface area (Å²) in [7, 11) is 0. The zero-order valence-corrected chi connectivity index (χ0v) is 12.2. The Labute approximate surface area is 125 Å². The Bertz CT molecular complexity index is 490. The van der Waals surface area contributed by atoms with Crippen LogP contribution in [0.4, 0.5) is 18.9 Å². The van der Waals surface area contributed by atoms with Gasteiger partial charge < -0.3 is 5.32 Å². The molecule has 0 bridgehead atoms. The van der Waals surface area contributed by atoms with Crippen LogP contribution in [0.2, 0.25) is 0 Å². The van der Waals surface area contributed by atoms with Gasteiger partial charge in [0.2, 0.25) is 5.91 Å². The van der Waals surface area contributed by atoms with E-state index in [0.29, 0.717) is 11.6 Å². The number of hydrogen-bond donors (Lipinski definition) is 2. The molecule has 1 aromatic carbocycles. The van der Waals surface area contributed by atoms with E-state index in [1.54, 1.807) is 11.8 Å². The Balaban J connectivity index is 0.00000200. The molecule has 0 aliphatic carbocycles. The van der Waals surface area contributed by atoms with Crippen molar-refractivity contribution in [3.63, 3.8) is 0 Å². The monoisotopic (exact) mass is 326 g/mol. The fourth-order valence-electron chi connectivity index (χ4n) is 1.80. The van der Waals surface area contributed by atoms with Crippen LogP contribution in [0.5, 0.6) is 0 Å². The molecule has 1 aromatic rings. The Kier molecular flexibility index (Phi) is 5.73. The minimum atomic E-state index is -4.41. The van der Waals surface area contributed by atoms with E-state index in [-0.39, 0.29) is 35.6 Å². The predicted molar refractivity (Wildman–Crippen MR) is 76.3 cm³/mol. The number of benzene rings is 1. The molecule has 1 fully saturated rings. The molecule has 1 aliphatic heterocycles. The highest BCUT2D eigenvalue weighted by Gasteiger charge is 2.32. The van der Waals surface area contributed by atoms with Gasteiger partial charge in [0.05, 0.1) is 11.6 Å². The molecular formula is C12H14ClF3N2OS. The van der Waals surface area contributed by atoms with Crippen LogP contribution in [0.3, 0.4) is 0 Å². The highest BCUT2D eigenvalue weighted by Crippen LogP contribution is 2.33. The molecule has 0 spiro atoms. The predicted octanol–water partition coefficient (Wildman–Crippen LogP) is 3.04. The van der Waals surface area contributed by atoms with Crippen molar-refractivity contribution in [1.82, 2.24) is 5.32 Å². The summed E-state index contributed by atoms with van der Waals surface area (Å²) in [5.41, 5.74) is -0.416. The molecular weight excluding hydrogens is 313 g/mol. The number of carbonyl (C=O) groups is 1. The lowest BCUT2D eigenvalue weighted by molar-refractivity contribution is -0.138. The normalized spacial score (nSPS) is 18.5. The van der Waals surface area contributed by atoms with Gasteiger partial charge >= 0.3 is 6.18 Å². The number of thioether (sulfide) groups is 1. The minimum absolute atomic E-state index is 0. The molecule has 0 saturated carbocycles. The number of aryl methyl sites for hydroxylation is 1. The number of anilines is 1. The largest absolute Gasteiger partial charge is 0.416 e. The minimum Gasteiger partial charge on any atom is -0.325 e. The topological polar surface area (TPSA) is 41.1 Å². The van der Waals surface area contributed by atoms with Crippen molar-refractivity contribution in [1.29, 1.82) is 0 Å². The quantitative estimate of drug-likeness (QED) is 0.877. The van der Waals surface area contributed by atoms with Crippen molar-refractivity contribution in [3.05, 3.63) is 29.3 Å². The second-order valence-corrected chi connectivity index (χ2v) is 5.32. The first-order valence-electron chi connectivity index (χ1n) is 5.68. The molecule has 0 radical (unpaired) electrons. The second-order valence-electron chi connectivity index (χ2n) is 4.29. The molecule has 8 heteroatoms. The van der Waals surface area contributed by atoms with Crippen molar-refractivity contribution < 1.29 is 18.0 Å².